The average Bonchev–Trinajstić information content (AvgIpc) is 3.47. The molecule has 1 amide bonds. The zero-order chi connectivity index (χ0) is 25.8. The van der Waals surface area contributed by atoms with Crippen molar-refractivity contribution in [2.75, 3.05) is 24.7 Å². The molecule has 0 atom stereocenters. The van der Waals surface area contributed by atoms with E-state index in [1.165, 1.54) is 28.7 Å². The van der Waals surface area contributed by atoms with Gasteiger partial charge in [0.1, 0.15) is 5.00 Å². The molecule has 0 aliphatic carbocycles. The van der Waals surface area contributed by atoms with Gasteiger partial charge >= 0.3 is 5.97 Å². The number of esters is 1. The number of thiophene rings is 1. The molecule has 11 heteroatoms. The summed E-state index contributed by atoms with van der Waals surface area (Å²) in [5, 5.41) is 19.5. The summed E-state index contributed by atoms with van der Waals surface area (Å²) in [6.45, 7) is 2.29. The highest BCUT2D eigenvalue weighted by atomic mass is 32.2. The van der Waals surface area contributed by atoms with Gasteiger partial charge in [0.05, 0.1) is 23.7 Å². The zero-order valence-corrected chi connectivity index (χ0v) is 21.6. The minimum absolute atomic E-state index is 0.0629. The number of hydrogen-bond donors (Lipinski definition) is 1. The van der Waals surface area contributed by atoms with Crippen LogP contribution in [0.15, 0.2) is 70.2 Å². The number of para-hydroxylation sites is 1. The first-order valence-corrected chi connectivity index (χ1v) is 13.4. The van der Waals surface area contributed by atoms with E-state index in [1.54, 1.807) is 12.1 Å². The van der Waals surface area contributed by atoms with E-state index >= 15 is 0 Å². The third kappa shape index (κ3) is 5.53. The lowest BCUT2D eigenvalue weighted by atomic mass is 10.0. The van der Waals surface area contributed by atoms with Crippen molar-refractivity contribution in [3.63, 3.8) is 0 Å². The molecule has 0 spiro atoms. The van der Waals surface area contributed by atoms with Crippen molar-refractivity contribution in [3.05, 3.63) is 82.2 Å². The number of carbonyl (C=O) groups is 2. The second-order valence-corrected chi connectivity index (χ2v) is 10.5. The number of fused-ring (bicyclic) bond motifs is 1. The number of ether oxygens (including phenoxy) is 1. The van der Waals surface area contributed by atoms with Gasteiger partial charge in [-0.25, -0.2) is 4.79 Å². The second-order valence-electron chi connectivity index (χ2n) is 8.40. The summed E-state index contributed by atoms with van der Waals surface area (Å²) in [5.74, 6) is -1.51. The van der Waals surface area contributed by atoms with E-state index in [9.17, 15) is 14.7 Å². The number of methoxy groups -OCH3 is 1. The standard InChI is InChI=1S/C26H24N4O5S2/c1-34-25(32)22-19-12-13-29(14-17-8-4-2-5-9-17)15-20(19)37-23(22)27-21(31)16-36-24-26(33)35-28-30(24)18-10-6-3-7-11-18/h2-11H,12-16H2,1H3,(H-,27,28,31,32,33). The molecular weight excluding hydrogens is 512 g/mol. The average molecular weight is 537 g/mol. The summed E-state index contributed by atoms with van der Waals surface area (Å²) in [5.41, 5.74) is 3.21. The predicted molar refractivity (Wildman–Crippen MR) is 137 cm³/mol. The molecule has 1 aliphatic rings. The van der Waals surface area contributed by atoms with Crippen molar-refractivity contribution in [2.24, 2.45) is 0 Å². The number of nitrogens with zero attached hydrogens (tertiary/aromatic N) is 3. The predicted octanol–water partition coefficient (Wildman–Crippen LogP) is 3.16. The van der Waals surface area contributed by atoms with Gasteiger partial charge in [0.2, 0.25) is 11.6 Å². The Bertz CT molecular complexity index is 1410. The van der Waals surface area contributed by atoms with Crippen molar-refractivity contribution >= 4 is 40.0 Å². The van der Waals surface area contributed by atoms with E-state index in [2.05, 4.69) is 27.6 Å². The third-order valence-corrected chi connectivity index (χ3v) is 8.09. The fraction of sp³-hybridized carbons (Fsp3) is 0.231. The quantitative estimate of drug-likeness (QED) is 0.208. The van der Waals surface area contributed by atoms with E-state index < -0.39 is 11.9 Å². The molecule has 0 unspecified atom stereocenters. The molecule has 37 heavy (non-hydrogen) atoms. The Morgan fingerprint density at radius 2 is 1.92 bits per heavy atom. The van der Waals surface area contributed by atoms with Crippen molar-refractivity contribution < 1.29 is 28.6 Å². The van der Waals surface area contributed by atoms with Crippen LogP contribution in [0.1, 0.15) is 26.4 Å². The highest BCUT2D eigenvalue weighted by molar-refractivity contribution is 7.99. The van der Waals surface area contributed by atoms with Crippen LogP contribution in [-0.4, -0.2) is 41.5 Å². The lowest BCUT2D eigenvalue weighted by molar-refractivity contribution is -0.705. The van der Waals surface area contributed by atoms with E-state index in [0.717, 1.165) is 35.3 Å². The summed E-state index contributed by atoms with van der Waals surface area (Å²) in [7, 11) is 1.34. The van der Waals surface area contributed by atoms with Crippen LogP contribution in [-0.2, 0) is 29.0 Å². The van der Waals surface area contributed by atoms with E-state index in [-0.39, 0.29) is 16.7 Å². The molecule has 9 nitrogen and oxygen atoms in total. The van der Waals surface area contributed by atoms with Crippen molar-refractivity contribution in [1.82, 2.24) is 10.2 Å². The Kier molecular flexibility index (Phi) is 7.54. The Balaban J connectivity index is 1.30. The number of thioether (sulfide) groups is 1. The van der Waals surface area contributed by atoms with Gasteiger partial charge in [0.25, 0.3) is 5.03 Å². The monoisotopic (exact) mass is 536 g/mol. The normalized spacial score (nSPS) is 13.2. The Labute approximate surface area is 221 Å². The van der Waals surface area contributed by atoms with Crippen molar-refractivity contribution in [2.45, 2.75) is 24.5 Å². The van der Waals surface area contributed by atoms with Gasteiger partial charge < -0.3 is 19.7 Å². The van der Waals surface area contributed by atoms with Gasteiger partial charge in [-0.3, -0.25) is 9.69 Å². The number of amides is 1. The highest BCUT2D eigenvalue weighted by Crippen LogP contribution is 2.38. The smallest absolute Gasteiger partial charge is 0.341 e. The van der Waals surface area contributed by atoms with Crippen LogP contribution < -0.4 is 15.1 Å². The number of nitrogens with one attached hydrogen (secondary N) is 1. The van der Waals surface area contributed by atoms with E-state index in [4.69, 9.17) is 9.26 Å². The van der Waals surface area contributed by atoms with Crippen LogP contribution in [0.25, 0.3) is 5.69 Å². The second kappa shape index (κ2) is 11.2. The fourth-order valence-electron chi connectivity index (χ4n) is 4.23. The highest BCUT2D eigenvalue weighted by Gasteiger charge is 2.30. The number of hydrogen-bond acceptors (Lipinski definition) is 9. The van der Waals surface area contributed by atoms with Crippen LogP contribution in [0.3, 0.4) is 0 Å². The number of carbonyl (C=O) groups excluding carboxylic acids is 2. The molecule has 1 N–H and O–H groups in total. The van der Waals surface area contributed by atoms with Gasteiger partial charge in [0.15, 0.2) is 5.95 Å². The lowest BCUT2D eigenvalue weighted by Gasteiger charge is -2.27. The lowest BCUT2D eigenvalue weighted by Crippen LogP contribution is -2.35. The topological polar surface area (TPSA) is 112 Å². The van der Waals surface area contributed by atoms with Crippen molar-refractivity contribution in [3.8, 4) is 11.6 Å². The first-order valence-electron chi connectivity index (χ1n) is 11.6. The van der Waals surface area contributed by atoms with Gasteiger partial charge in [-0.05, 0) is 34.0 Å². The molecule has 0 saturated heterocycles. The minimum Gasteiger partial charge on any atom is -0.538 e. The summed E-state index contributed by atoms with van der Waals surface area (Å²) >= 11 is 2.41. The van der Waals surface area contributed by atoms with Crippen LogP contribution in [0.5, 0.6) is 5.95 Å². The Hall–Kier alpha value is -3.67. The summed E-state index contributed by atoms with van der Waals surface area (Å²) in [6, 6.07) is 19.3. The SMILES string of the molecule is COC(=O)c1c(NC(=O)CSc2c([O-])on[n+]2-c2ccccc2)sc2c1CCN(Cc1ccccc1)C2. The van der Waals surface area contributed by atoms with Gasteiger partial charge in [0, 0.05) is 36.6 Å². The summed E-state index contributed by atoms with van der Waals surface area (Å²) < 4.78 is 11.2. The van der Waals surface area contributed by atoms with Crippen LogP contribution in [0.2, 0.25) is 0 Å². The largest absolute Gasteiger partial charge is 0.538 e. The summed E-state index contributed by atoms with van der Waals surface area (Å²) in [6.07, 6.45) is 0.686. The molecule has 5 rings (SSSR count). The van der Waals surface area contributed by atoms with Crippen molar-refractivity contribution in [1.29, 1.82) is 0 Å². The van der Waals surface area contributed by atoms with Gasteiger partial charge in [-0.15, -0.1) is 11.3 Å². The van der Waals surface area contributed by atoms with Crippen LogP contribution in [0.4, 0.5) is 5.00 Å². The maximum atomic E-state index is 12.9. The maximum Gasteiger partial charge on any atom is 0.341 e. The van der Waals surface area contributed by atoms with Crippen LogP contribution >= 0.6 is 23.1 Å². The molecule has 0 fully saturated rings. The van der Waals surface area contributed by atoms with Crippen LogP contribution in [0, 0.1) is 0 Å². The van der Waals surface area contributed by atoms with Gasteiger partial charge in [-0.1, -0.05) is 48.5 Å². The van der Waals surface area contributed by atoms with Gasteiger partial charge in [-0.2, -0.15) is 0 Å². The Morgan fingerprint density at radius 3 is 2.65 bits per heavy atom. The maximum absolute atomic E-state index is 12.9. The molecule has 190 valence electrons. The first kappa shape index (κ1) is 25.0. The first-order chi connectivity index (χ1) is 18.0. The van der Waals surface area contributed by atoms with E-state index in [0.29, 0.717) is 29.2 Å². The zero-order valence-electron chi connectivity index (χ0n) is 20.0. The molecule has 1 aliphatic heterocycles. The molecule has 2 aromatic heterocycles. The molecule has 0 bridgehead atoms. The number of benzene rings is 2. The molecule has 0 radical (unpaired) electrons. The number of aromatic nitrogens is 2. The number of rotatable bonds is 8. The fourth-order valence-corrected chi connectivity index (χ4v) is 6.28. The number of anilines is 1. The molecule has 0 saturated carbocycles. The molecular formula is C26H24N4O5S2. The van der Waals surface area contributed by atoms with E-state index in [1.807, 2.05) is 36.4 Å². The Morgan fingerprint density at radius 1 is 1.19 bits per heavy atom. The minimum atomic E-state index is -0.623. The summed E-state index contributed by atoms with van der Waals surface area (Å²) in [4.78, 5) is 28.9. The molecule has 3 heterocycles. The molecule has 4 aromatic rings. The third-order valence-electron chi connectivity index (χ3n) is 5.94. The molecule has 2 aromatic carbocycles.